The molecule has 1 aromatic carbocycles. The summed E-state index contributed by atoms with van der Waals surface area (Å²) in [6.45, 7) is -0.424. The van der Waals surface area contributed by atoms with Crippen LogP contribution in [0.1, 0.15) is 32.9 Å². The second-order valence-electron chi connectivity index (χ2n) is 7.50. The Bertz CT molecular complexity index is 1380. The van der Waals surface area contributed by atoms with Crippen LogP contribution in [0, 0.1) is 0 Å². The van der Waals surface area contributed by atoms with Gasteiger partial charge in [-0.25, -0.2) is 14.8 Å². The van der Waals surface area contributed by atoms with E-state index >= 15 is 0 Å². The SMILES string of the molecule is O=C(COC(=O)c1c2c(nc3ccccc13)C(=Cc1cccs1)CC2)Nc1ccc(Cl)cn1. The maximum atomic E-state index is 13.2. The first-order valence-electron chi connectivity index (χ1n) is 10.3. The first kappa shape index (κ1) is 21.3. The van der Waals surface area contributed by atoms with Crippen molar-refractivity contribution in [3.05, 3.63) is 86.8 Å². The minimum atomic E-state index is -0.540. The van der Waals surface area contributed by atoms with Crippen LogP contribution >= 0.6 is 22.9 Å². The molecule has 0 radical (unpaired) electrons. The third kappa shape index (κ3) is 4.51. The lowest BCUT2D eigenvalue weighted by Crippen LogP contribution is -2.22. The van der Waals surface area contributed by atoms with Gasteiger partial charge in [0, 0.05) is 16.5 Å². The summed E-state index contributed by atoms with van der Waals surface area (Å²) in [6, 6.07) is 14.7. The molecular weight excluding hydrogens is 458 g/mol. The maximum absolute atomic E-state index is 13.2. The standard InChI is InChI=1S/C25H18ClN3O3S/c26-16-8-10-21(27-13-16)29-22(30)14-32-25(31)23-18-5-1-2-6-20(18)28-24-15(7-9-19(23)24)12-17-4-3-11-33-17/h1-6,8,10-13H,7,9,14H2,(H,27,29,30). The molecule has 0 atom stereocenters. The number of esters is 1. The second kappa shape index (κ2) is 9.13. The number of fused-ring (bicyclic) bond motifs is 2. The number of anilines is 1. The quantitative estimate of drug-likeness (QED) is 0.378. The number of ether oxygens (including phenoxy) is 1. The van der Waals surface area contributed by atoms with Gasteiger partial charge in [-0.1, -0.05) is 35.9 Å². The maximum Gasteiger partial charge on any atom is 0.339 e. The van der Waals surface area contributed by atoms with Crippen molar-refractivity contribution in [2.24, 2.45) is 0 Å². The highest BCUT2D eigenvalue weighted by Crippen LogP contribution is 2.38. The molecule has 8 heteroatoms. The Labute approximate surface area is 198 Å². The summed E-state index contributed by atoms with van der Waals surface area (Å²) in [7, 11) is 0. The fourth-order valence-electron chi connectivity index (χ4n) is 3.89. The molecule has 1 amide bonds. The van der Waals surface area contributed by atoms with Gasteiger partial charge >= 0.3 is 5.97 Å². The van der Waals surface area contributed by atoms with Gasteiger partial charge in [0.1, 0.15) is 5.82 Å². The van der Waals surface area contributed by atoms with Crippen LogP contribution in [0.4, 0.5) is 5.82 Å². The molecule has 0 spiro atoms. The highest BCUT2D eigenvalue weighted by Gasteiger charge is 2.28. The molecule has 0 saturated carbocycles. The van der Waals surface area contributed by atoms with Crippen LogP contribution in [-0.4, -0.2) is 28.5 Å². The number of carbonyl (C=O) groups excluding carboxylic acids is 2. The number of amides is 1. The molecule has 0 fully saturated rings. The van der Waals surface area contributed by atoms with Gasteiger partial charge < -0.3 is 10.1 Å². The van der Waals surface area contributed by atoms with Gasteiger partial charge in [0.05, 0.1) is 21.8 Å². The summed E-state index contributed by atoms with van der Waals surface area (Å²) in [4.78, 5) is 35.4. The van der Waals surface area contributed by atoms with Crippen molar-refractivity contribution in [2.75, 3.05) is 11.9 Å². The molecule has 0 unspecified atom stereocenters. The second-order valence-corrected chi connectivity index (χ2v) is 8.92. The number of carbonyl (C=O) groups is 2. The highest BCUT2D eigenvalue weighted by atomic mass is 35.5. The summed E-state index contributed by atoms with van der Waals surface area (Å²) in [5, 5.41) is 5.81. The van der Waals surface area contributed by atoms with Crippen LogP contribution in [0.3, 0.4) is 0 Å². The van der Waals surface area contributed by atoms with Gasteiger partial charge in [0.15, 0.2) is 6.61 Å². The average Bonchev–Trinajstić information content (AvgIpc) is 3.48. The number of thiophene rings is 1. The molecule has 5 rings (SSSR count). The molecule has 3 heterocycles. The van der Waals surface area contributed by atoms with Crippen molar-refractivity contribution >= 4 is 63.2 Å². The van der Waals surface area contributed by atoms with E-state index in [0.29, 0.717) is 22.8 Å². The molecule has 0 aliphatic heterocycles. The Balaban J connectivity index is 1.42. The van der Waals surface area contributed by atoms with E-state index in [1.807, 2.05) is 35.7 Å². The van der Waals surface area contributed by atoms with Gasteiger partial charge in [-0.2, -0.15) is 0 Å². The number of para-hydroxylation sites is 1. The fourth-order valence-corrected chi connectivity index (χ4v) is 4.68. The van der Waals surface area contributed by atoms with Crippen molar-refractivity contribution in [2.45, 2.75) is 12.8 Å². The number of benzene rings is 1. The normalized spacial score (nSPS) is 13.8. The van der Waals surface area contributed by atoms with Crippen molar-refractivity contribution in [1.29, 1.82) is 0 Å². The third-order valence-electron chi connectivity index (χ3n) is 5.33. The molecule has 164 valence electrons. The van der Waals surface area contributed by atoms with E-state index in [0.717, 1.165) is 39.0 Å². The van der Waals surface area contributed by atoms with Crippen LogP contribution in [0.15, 0.2) is 60.1 Å². The summed E-state index contributed by atoms with van der Waals surface area (Å²) in [5.74, 6) is -0.688. The predicted molar refractivity (Wildman–Crippen MR) is 130 cm³/mol. The fraction of sp³-hybridized carbons (Fsp3) is 0.120. The van der Waals surface area contributed by atoms with E-state index in [-0.39, 0.29) is 0 Å². The smallest absolute Gasteiger partial charge is 0.339 e. The van der Waals surface area contributed by atoms with E-state index in [9.17, 15) is 9.59 Å². The van der Waals surface area contributed by atoms with Gasteiger partial charge in [-0.15, -0.1) is 11.3 Å². The summed E-state index contributed by atoms with van der Waals surface area (Å²) >= 11 is 7.47. The Morgan fingerprint density at radius 2 is 2.00 bits per heavy atom. The lowest BCUT2D eigenvalue weighted by Gasteiger charge is -2.12. The molecular formula is C25H18ClN3O3S. The van der Waals surface area contributed by atoms with E-state index in [2.05, 4.69) is 22.4 Å². The lowest BCUT2D eigenvalue weighted by atomic mass is 10.0. The molecule has 4 aromatic rings. The van der Waals surface area contributed by atoms with Crippen LogP contribution < -0.4 is 5.32 Å². The zero-order valence-corrected chi connectivity index (χ0v) is 18.9. The van der Waals surface area contributed by atoms with Crippen LogP contribution in [0.25, 0.3) is 22.6 Å². The van der Waals surface area contributed by atoms with Crippen molar-refractivity contribution < 1.29 is 14.3 Å². The number of nitrogens with zero attached hydrogens (tertiary/aromatic N) is 2. The van der Waals surface area contributed by atoms with Crippen molar-refractivity contribution in [3.8, 4) is 0 Å². The Kier molecular flexibility index (Phi) is 5.90. The van der Waals surface area contributed by atoms with Crippen molar-refractivity contribution in [1.82, 2.24) is 9.97 Å². The largest absolute Gasteiger partial charge is 0.452 e. The zero-order chi connectivity index (χ0) is 22.8. The average molecular weight is 476 g/mol. The zero-order valence-electron chi connectivity index (χ0n) is 17.4. The van der Waals surface area contributed by atoms with Gasteiger partial charge in [-0.3, -0.25) is 4.79 Å². The van der Waals surface area contributed by atoms with E-state index < -0.39 is 18.5 Å². The highest BCUT2D eigenvalue weighted by molar-refractivity contribution is 7.10. The molecule has 0 bridgehead atoms. The van der Waals surface area contributed by atoms with Crippen LogP contribution in [0.2, 0.25) is 5.02 Å². The minimum absolute atomic E-state index is 0.332. The summed E-state index contributed by atoms with van der Waals surface area (Å²) in [5.41, 5.74) is 3.98. The number of halogens is 1. The number of pyridine rings is 2. The van der Waals surface area contributed by atoms with Crippen LogP contribution in [0.5, 0.6) is 0 Å². The van der Waals surface area contributed by atoms with Gasteiger partial charge in [0.25, 0.3) is 5.91 Å². The topological polar surface area (TPSA) is 81.2 Å². The number of nitrogens with one attached hydrogen (secondary N) is 1. The lowest BCUT2D eigenvalue weighted by molar-refractivity contribution is -0.119. The van der Waals surface area contributed by atoms with Crippen molar-refractivity contribution in [3.63, 3.8) is 0 Å². The molecule has 0 saturated heterocycles. The molecule has 1 aliphatic rings. The van der Waals surface area contributed by atoms with E-state index in [1.54, 1.807) is 23.5 Å². The minimum Gasteiger partial charge on any atom is -0.452 e. The predicted octanol–water partition coefficient (Wildman–Crippen LogP) is 5.63. The first-order valence-corrected chi connectivity index (χ1v) is 11.6. The Morgan fingerprint density at radius 1 is 1.12 bits per heavy atom. The molecule has 3 aromatic heterocycles. The number of rotatable bonds is 5. The molecule has 6 nitrogen and oxygen atoms in total. The van der Waals surface area contributed by atoms with E-state index in [4.69, 9.17) is 21.3 Å². The number of hydrogen-bond acceptors (Lipinski definition) is 6. The molecule has 33 heavy (non-hydrogen) atoms. The number of hydrogen-bond donors (Lipinski definition) is 1. The number of aromatic nitrogens is 2. The van der Waals surface area contributed by atoms with Gasteiger partial charge in [-0.05, 0) is 59.7 Å². The monoisotopic (exact) mass is 475 g/mol. The molecule has 1 N–H and O–H groups in total. The third-order valence-corrected chi connectivity index (χ3v) is 6.38. The number of allylic oxidation sites excluding steroid dienone is 1. The first-order chi connectivity index (χ1) is 16.1. The summed E-state index contributed by atoms with van der Waals surface area (Å²) in [6.07, 6.45) is 5.03. The molecule has 1 aliphatic carbocycles. The van der Waals surface area contributed by atoms with E-state index in [1.165, 1.54) is 6.20 Å². The summed E-state index contributed by atoms with van der Waals surface area (Å²) < 4.78 is 5.41. The van der Waals surface area contributed by atoms with Gasteiger partial charge in [0.2, 0.25) is 0 Å². The van der Waals surface area contributed by atoms with Crippen LogP contribution in [-0.2, 0) is 16.0 Å². The Morgan fingerprint density at radius 3 is 2.79 bits per heavy atom. The Hall–Kier alpha value is -3.55.